The van der Waals surface area contributed by atoms with Crippen molar-refractivity contribution in [2.45, 2.75) is 25.7 Å². The molecule has 0 saturated carbocycles. The molecule has 0 aliphatic rings. The molecule has 7 nitrogen and oxygen atoms in total. The minimum Gasteiger partial charge on any atom is -0.352 e. The predicted molar refractivity (Wildman–Crippen MR) is 115 cm³/mol. The normalized spacial score (nSPS) is 11.8. The van der Waals surface area contributed by atoms with Crippen molar-refractivity contribution >= 4 is 32.6 Å². The summed E-state index contributed by atoms with van der Waals surface area (Å²) in [6.07, 6.45) is 3.05. The van der Waals surface area contributed by atoms with E-state index in [-0.39, 0.29) is 21.8 Å². The zero-order chi connectivity index (χ0) is 21.9. The van der Waals surface area contributed by atoms with Crippen LogP contribution in [-0.4, -0.2) is 31.8 Å². The fraction of sp³-hybridized carbons (Fsp3) is 0.227. The molecule has 2 aromatic carbocycles. The van der Waals surface area contributed by atoms with Crippen LogP contribution in [0, 0.1) is 5.41 Å². The number of aromatic nitrogens is 1. The Morgan fingerprint density at radius 2 is 1.57 bits per heavy atom. The van der Waals surface area contributed by atoms with Crippen molar-refractivity contribution in [1.29, 1.82) is 0 Å². The number of amides is 2. The first kappa shape index (κ1) is 21.4. The van der Waals surface area contributed by atoms with E-state index in [9.17, 15) is 18.0 Å². The third-order valence-corrected chi connectivity index (χ3v) is 5.74. The molecule has 3 aromatic rings. The average molecular weight is 426 g/mol. The van der Waals surface area contributed by atoms with Gasteiger partial charge in [0.2, 0.25) is 0 Å². The summed E-state index contributed by atoms with van der Waals surface area (Å²) >= 11 is 0. The summed E-state index contributed by atoms with van der Waals surface area (Å²) in [7, 11) is -4.09. The molecule has 0 aliphatic heterocycles. The first-order chi connectivity index (χ1) is 14.1. The molecule has 2 N–H and O–H groups in total. The molecule has 0 radical (unpaired) electrons. The highest BCUT2D eigenvalue weighted by Gasteiger charge is 2.21. The van der Waals surface area contributed by atoms with E-state index in [1.807, 2.05) is 20.8 Å². The second kappa shape index (κ2) is 8.23. The molecule has 1 heterocycles. The molecule has 3 rings (SSSR count). The smallest absolute Gasteiger partial charge is 0.264 e. The molecule has 0 unspecified atom stereocenters. The molecular formula is C22H23N3O4S. The number of nitrogens with one attached hydrogen (secondary N) is 2. The van der Waals surface area contributed by atoms with Crippen LogP contribution in [0.15, 0.2) is 65.8 Å². The number of hydrogen-bond acceptors (Lipinski definition) is 5. The first-order valence-electron chi connectivity index (χ1n) is 9.35. The van der Waals surface area contributed by atoms with Crippen LogP contribution in [0.1, 0.15) is 41.5 Å². The highest BCUT2D eigenvalue weighted by atomic mass is 32.2. The van der Waals surface area contributed by atoms with Gasteiger partial charge in [0, 0.05) is 40.8 Å². The number of carbonyl (C=O) groups is 2. The van der Waals surface area contributed by atoms with Crippen molar-refractivity contribution in [3.05, 3.63) is 72.1 Å². The summed E-state index contributed by atoms with van der Waals surface area (Å²) in [5.74, 6) is -1.03. The number of fused-ring (bicyclic) bond motifs is 1. The third kappa shape index (κ3) is 5.01. The van der Waals surface area contributed by atoms with Gasteiger partial charge >= 0.3 is 0 Å². The summed E-state index contributed by atoms with van der Waals surface area (Å²) < 4.78 is 27.6. The quantitative estimate of drug-likeness (QED) is 0.653. The summed E-state index contributed by atoms with van der Waals surface area (Å²) in [6, 6.07) is 12.2. The largest absolute Gasteiger partial charge is 0.352 e. The topological polar surface area (TPSA) is 105 Å². The van der Waals surface area contributed by atoms with Gasteiger partial charge in [-0.25, -0.2) is 13.1 Å². The summed E-state index contributed by atoms with van der Waals surface area (Å²) in [4.78, 5) is 28.7. The molecule has 8 heteroatoms. The van der Waals surface area contributed by atoms with Gasteiger partial charge in [-0.05, 0) is 41.8 Å². The van der Waals surface area contributed by atoms with Crippen LogP contribution in [0.5, 0.6) is 0 Å². The standard InChI is InChI=1S/C22H23N3O4S/c1-22(2,3)14-24-20(26)15-7-9-16(10-8-15)21(27)25-30(28,29)19-6-4-5-17-13-23-12-11-18(17)19/h4-13H,14H2,1-3H3,(H,24,26)(H,25,27). The van der Waals surface area contributed by atoms with Crippen LogP contribution >= 0.6 is 0 Å². The Morgan fingerprint density at radius 3 is 2.20 bits per heavy atom. The number of rotatable bonds is 5. The Hall–Kier alpha value is -3.26. The molecular weight excluding hydrogens is 402 g/mol. The predicted octanol–water partition coefficient (Wildman–Crippen LogP) is 3.13. The zero-order valence-electron chi connectivity index (χ0n) is 17.0. The second-order valence-corrected chi connectivity index (χ2v) is 9.76. The summed E-state index contributed by atoms with van der Waals surface area (Å²) in [6.45, 7) is 6.53. The average Bonchev–Trinajstić information content (AvgIpc) is 2.70. The maximum atomic E-state index is 12.8. The second-order valence-electron chi connectivity index (χ2n) is 8.11. The van der Waals surface area contributed by atoms with E-state index in [2.05, 4.69) is 15.0 Å². The number of benzene rings is 2. The van der Waals surface area contributed by atoms with E-state index in [0.717, 1.165) is 0 Å². The van der Waals surface area contributed by atoms with Gasteiger partial charge in [0.25, 0.3) is 21.8 Å². The fourth-order valence-electron chi connectivity index (χ4n) is 2.78. The summed E-state index contributed by atoms with van der Waals surface area (Å²) in [5, 5.41) is 3.95. The Morgan fingerprint density at radius 1 is 0.933 bits per heavy atom. The summed E-state index contributed by atoms with van der Waals surface area (Å²) in [5.41, 5.74) is 0.467. The van der Waals surface area contributed by atoms with Crippen molar-refractivity contribution in [3.8, 4) is 0 Å². The van der Waals surface area contributed by atoms with Gasteiger partial charge in [0.15, 0.2) is 0 Å². The zero-order valence-corrected chi connectivity index (χ0v) is 17.8. The van der Waals surface area contributed by atoms with Gasteiger partial charge in [-0.3, -0.25) is 14.6 Å². The molecule has 0 fully saturated rings. The van der Waals surface area contributed by atoms with Crippen LogP contribution in [-0.2, 0) is 10.0 Å². The monoisotopic (exact) mass is 425 g/mol. The fourth-order valence-corrected chi connectivity index (χ4v) is 3.99. The number of carbonyl (C=O) groups excluding carboxylic acids is 2. The maximum absolute atomic E-state index is 12.8. The van der Waals surface area contributed by atoms with E-state index in [0.29, 0.717) is 22.9 Å². The molecule has 0 saturated heterocycles. The minimum atomic E-state index is -4.09. The molecule has 0 spiro atoms. The lowest BCUT2D eigenvalue weighted by molar-refractivity contribution is 0.0936. The van der Waals surface area contributed by atoms with Gasteiger partial charge in [0.05, 0.1) is 4.90 Å². The van der Waals surface area contributed by atoms with Gasteiger partial charge < -0.3 is 5.32 Å². The van der Waals surface area contributed by atoms with Gasteiger partial charge in [0.1, 0.15) is 0 Å². The number of hydrogen-bond donors (Lipinski definition) is 2. The molecule has 156 valence electrons. The molecule has 0 bridgehead atoms. The molecule has 2 amide bonds. The van der Waals surface area contributed by atoms with E-state index < -0.39 is 15.9 Å². The van der Waals surface area contributed by atoms with E-state index in [4.69, 9.17) is 0 Å². The van der Waals surface area contributed by atoms with Gasteiger partial charge in [-0.15, -0.1) is 0 Å². The lowest BCUT2D eigenvalue weighted by Crippen LogP contribution is -2.32. The highest BCUT2D eigenvalue weighted by molar-refractivity contribution is 7.90. The van der Waals surface area contributed by atoms with Crippen molar-refractivity contribution < 1.29 is 18.0 Å². The number of pyridine rings is 1. The Labute approximate surface area is 175 Å². The van der Waals surface area contributed by atoms with Gasteiger partial charge in [-0.1, -0.05) is 32.9 Å². The van der Waals surface area contributed by atoms with Gasteiger partial charge in [-0.2, -0.15) is 0 Å². The Balaban J connectivity index is 1.76. The van der Waals surface area contributed by atoms with Crippen molar-refractivity contribution in [2.24, 2.45) is 5.41 Å². The van der Waals surface area contributed by atoms with E-state index >= 15 is 0 Å². The third-order valence-electron chi connectivity index (χ3n) is 4.35. The molecule has 0 atom stereocenters. The molecule has 30 heavy (non-hydrogen) atoms. The number of nitrogens with zero attached hydrogens (tertiary/aromatic N) is 1. The van der Waals surface area contributed by atoms with Crippen molar-refractivity contribution in [3.63, 3.8) is 0 Å². The van der Waals surface area contributed by atoms with Crippen LogP contribution in [0.3, 0.4) is 0 Å². The minimum absolute atomic E-state index is 0.00562. The highest BCUT2D eigenvalue weighted by Crippen LogP contribution is 2.22. The van der Waals surface area contributed by atoms with Crippen LogP contribution in [0.2, 0.25) is 0 Å². The maximum Gasteiger partial charge on any atom is 0.264 e. The Bertz CT molecular complexity index is 1190. The van der Waals surface area contributed by atoms with Crippen LogP contribution in [0.25, 0.3) is 10.8 Å². The number of sulfonamides is 1. The van der Waals surface area contributed by atoms with Crippen molar-refractivity contribution in [1.82, 2.24) is 15.0 Å². The van der Waals surface area contributed by atoms with E-state index in [1.54, 1.807) is 24.4 Å². The molecule has 1 aromatic heterocycles. The lowest BCUT2D eigenvalue weighted by atomic mass is 9.97. The van der Waals surface area contributed by atoms with Crippen molar-refractivity contribution in [2.75, 3.05) is 6.54 Å². The van der Waals surface area contributed by atoms with E-state index in [1.165, 1.54) is 36.5 Å². The SMILES string of the molecule is CC(C)(C)CNC(=O)c1ccc(C(=O)NS(=O)(=O)c2cccc3cnccc23)cc1. The molecule has 0 aliphatic carbocycles. The van der Waals surface area contributed by atoms with Crippen LogP contribution < -0.4 is 10.0 Å². The lowest BCUT2D eigenvalue weighted by Gasteiger charge is -2.18. The Kier molecular flexibility index (Phi) is 5.89. The first-order valence-corrected chi connectivity index (χ1v) is 10.8. The van der Waals surface area contributed by atoms with Crippen LogP contribution in [0.4, 0.5) is 0 Å².